The largest absolute Gasteiger partial charge is 0.327 e. The van der Waals surface area contributed by atoms with Crippen LogP contribution >= 0.6 is 0 Å². The van der Waals surface area contributed by atoms with Crippen LogP contribution in [0.3, 0.4) is 0 Å². The molecular formula is C16H20N2. The van der Waals surface area contributed by atoms with Crippen molar-refractivity contribution in [1.29, 1.82) is 0 Å². The van der Waals surface area contributed by atoms with E-state index >= 15 is 0 Å². The molecule has 2 aromatic rings. The van der Waals surface area contributed by atoms with Crippen LogP contribution in [0.15, 0.2) is 36.5 Å². The van der Waals surface area contributed by atoms with Gasteiger partial charge in [0.1, 0.15) is 0 Å². The summed E-state index contributed by atoms with van der Waals surface area (Å²) in [5, 5.41) is 1.27. The SMILES string of the molecule is CC1CCC(N)C(c2cccc3ncccc23)C1. The van der Waals surface area contributed by atoms with Crippen LogP contribution < -0.4 is 5.73 Å². The number of nitrogens with zero attached hydrogens (tertiary/aromatic N) is 1. The number of hydrogen-bond donors (Lipinski definition) is 1. The van der Waals surface area contributed by atoms with Gasteiger partial charge >= 0.3 is 0 Å². The predicted molar refractivity (Wildman–Crippen MR) is 75.5 cm³/mol. The Morgan fingerprint density at radius 3 is 2.94 bits per heavy atom. The zero-order valence-electron chi connectivity index (χ0n) is 10.8. The number of fused-ring (bicyclic) bond motifs is 1. The molecule has 2 nitrogen and oxygen atoms in total. The molecule has 3 unspecified atom stereocenters. The third-order valence-corrected chi connectivity index (χ3v) is 4.24. The van der Waals surface area contributed by atoms with Gasteiger partial charge in [0.05, 0.1) is 5.52 Å². The summed E-state index contributed by atoms with van der Waals surface area (Å²) >= 11 is 0. The summed E-state index contributed by atoms with van der Waals surface area (Å²) in [4.78, 5) is 4.44. The number of nitrogens with two attached hydrogens (primary N) is 1. The molecule has 18 heavy (non-hydrogen) atoms. The Kier molecular flexibility index (Phi) is 3.04. The first kappa shape index (κ1) is 11.7. The normalized spacial score (nSPS) is 28.4. The van der Waals surface area contributed by atoms with Crippen LogP contribution in [0, 0.1) is 5.92 Å². The molecule has 0 saturated heterocycles. The molecule has 1 aliphatic carbocycles. The number of hydrogen-bond acceptors (Lipinski definition) is 2. The van der Waals surface area contributed by atoms with Crippen molar-refractivity contribution in [1.82, 2.24) is 4.98 Å². The second kappa shape index (κ2) is 4.69. The van der Waals surface area contributed by atoms with Crippen molar-refractivity contribution in [2.24, 2.45) is 11.7 Å². The molecule has 0 amide bonds. The van der Waals surface area contributed by atoms with E-state index in [1.54, 1.807) is 0 Å². The quantitative estimate of drug-likeness (QED) is 0.829. The summed E-state index contributed by atoms with van der Waals surface area (Å²) < 4.78 is 0. The molecule has 0 spiro atoms. The third-order valence-electron chi connectivity index (χ3n) is 4.24. The summed E-state index contributed by atoms with van der Waals surface area (Å²) in [6.45, 7) is 2.34. The number of rotatable bonds is 1. The van der Waals surface area contributed by atoms with Gasteiger partial charge in [-0.25, -0.2) is 0 Å². The second-order valence-corrected chi connectivity index (χ2v) is 5.61. The molecule has 1 aromatic heterocycles. The van der Waals surface area contributed by atoms with Crippen molar-refractivity contribution in [3.05, 3.63) is 42.1 Å². The molecule has 0 aliphatic heterocycles. The van der Waals surface area contributed by atoms with Crippen LogP contribution in [0.25, 0.3) is 10.9 Å². The van der Waals surface area contributed by atoms with E-state index in [0.29, 0.717) is 12.0 Å². The lowest BCUT2D eigenvalue weighted by Crippen LogP contribution is -2.34. The van der Waals surface area contributed by atoms with E-state index in [1.165, 1.54) is 23.8 Å². The van der Waals surface area contributed by atoms with Gasteiger partial charge in [0.2, 0.25) is 0 Å². The molecule has 3 atom stereocenters. The third kappa shape index (κ3) is 2.01. The summed E-state index contributed by atoms with van der Waals surface area (Å²) in [5.74, 6) is 1.27. The lowest BCUT2D eigenvalue weighted by Gasteiger charge is -2.33. The van der Waals surface area contributed by atoms with Gasteiger partial charge in [0.25, 0.3) is 0 Å². The molecule has 3 rings (SSSR count). The highest BCUT2D eigenvalue weighted by Crippen LogP contribution is 2.37. The lowest BCUT2D eigenvalue weighted by molar-refractivity contribution is 0.307. The molecule has 2 N–H and O–H groups in total. The minimum absolute atomic E-state index is 0.298. The Balaban J connectivity index is 2.07. The first-order chi connectivity index (χ1) is 8.75. The maximum Gasteiger partial charge on any atom is 0.0704 e. The Morgan fingerprint density at radius 1 is 1.17 bits per heavy atom. The van der Waals surface area contributed by atoms with E-state index in [2.05, 4.69) is 36.2 Å². The maximum absolute atomic E-state index is 6.34. The average molecular weight is 240 g/mol. The van der Waals surface area contributed by atoms with E-state index < -0.39 is 0 Å². The van der Waals surface area contributed by atoms with Crippen LogP contribution in [0.5, 0.6) is 0 Å². The summed E-state index contributed by atoms with van der Waals surface area (Å²) in [6.07, 6.45) is 5.47. The highest BCUT2D eigenvalue weighted by Gasteiger charge is 2.28. The predicted octanol–water partition coefficient (Wildman–Crippen LogP) is 3.47. The fourth-order valence-corrected chi connectivity index (χ4v) is 3.21. The van der Waals surface area contributed by atoms with E-state index in [0.717, 1.165) is 17.9 Å². The Morgan fingerprint density at radius 2 is 2.06 bits per heavy atom. The van der Waals surface area contributed by atoms with Crippen LogP contribution in [0.4, 0.5) is 0 Å². The van der Waals surface area contributed by atoms with Gasteiger partial charge in [-0.3, -0.25) is 4.98 Å². The Bertz CT molecular complexity index is 544. The monoisotopic (exact) mass is 240 g/mol. The van der Waals surface area contributed by atoms with Gasteiger partial charge < -0.3 is 5.73 Å². The number of benzene rings is 1. The molecule has 0 bridgehead atoms. The van der Waals surface area contributed by atoms with Crippen molar-refractivity contribution < 1.29 is 0 Å². The van der Waals surface area contributed by atoms with Gasteiger partial charge in [0.15, 0.2) is 0 Å². The molecular weight excluding hydrogens is 220 g/mol. The summed E-state index contributed by atoms with van der Waals surface area (Å²) in [6, 6.07) is 10.9. The topological polar surface area (TPSA) is 38.9 Å². The summed E-state index contributed by atoms with van der Waals surface area (Å²) in [5.41, 5.74) is 8.82. The van der Waals surface area contributed by atoms with Crippen LogP contribution in [-0.4, -0.2) is 11.0 Å². The van der Waals surface area contributed by atoms with Gasteiger partial charge in [-0.05, 0) is 48.8 Å². The van der Waals surface area contributed by atoms with Gasteiger partial charge in [-0.1, -0.05) is 25.1 Å². The molecule has 94 valence electrons. The second-order valence-electron chi connectivity index (χ2n) is 5.61. The Hall–Kier alpha value is -1.41. The highest BCUT2D eigenvalue weighted by molar-refractivity contribution is 5.82. The van der Waals surface area contributed by atoms with Crippen molar-refractivity contribution in [2.75, 3.05) is 0 Å². The van der Waals surface area contributed by atoms with Crippen molar-refractivity contribution >= 4 is 10.9 Å². The molecule has 1 aliphatic rings. The number of aromatic nitrogens is 1. The van der Waals surface area contributed by atoms with Crippen molar-refractivity contribution in [3.8, 4) is 0 Å². The molecule has 1 fully saturated rings. The van der Waals surface area contributed by atoms with Crippen LogP contribution in [0.1, 0.15) is 37.7 Å². The lowest BCUT2D eigenvalue weighted by atomic mass is 9.75. The van der Waals surface area contributed by atoms with E-state index in [1.807, 2.05) is 12.3 Å². The molecule has 2 heteroatoms. The zero-order valence-corrected chi connectivity index (χ0v) is 10.8. The minimum Gasteiger partial charge on any atom is -0.327 e. The summed E-state index contributed by atoms with van der Waals surface area (Å²) in [7, 11) is 0. The van der Waals surface area contributed by atoms with E-state index in [9.17, 15) is 0 Å². The van der Waals surface area contributed by atoms with Crippen LogP contribution in [0.2, 0.25) is 0 Å². The Labute approximate surface area is 108 Å². The fourth-order valence-electron chi connectivity index (χ4n) is 3.21. The first-order valence-electron chi connectivity index (χ1n) is 6.85. The molecule has 1 saturated carbocycles. The fraction of sp³-hybridized carbons (Fsp3) is 0.438. The van der Waals surface area contributed by atoms with Crippen molar-refractivity contribution in [3.63, 3.8) is 0 Å². The van der Waals surface area contributed by atoms with Gasteiger partial charge in [-0.15, -0.1) is 0 Å². The maximum atomic E-state index is 6.34. The van der Waals surface area contributed by atoms with E-state index in [4.69, 9.17) is 5.73 Å². The van der Waals surface area contributed by atoms with Crippen molar-refractivity contribution in [2.45, 2.75) is 38.1 Å². The van der Waals surface area contributed by atoms with Gasteiger partial charge in [0, 0.05) is 17.6 Å². The highest BCUT2D eigenvalue weighted by atomic mass is 14.7. The minimum atomic E-state index is 0.298. The molecule has 0 radical (unpaired) electrons. The zero-order chi connectivity index (χ0) is 12.5. The van der Waals surface area contributed by atoms with Gasteiger partial charge in [-0.2, -0.15) is 0 Å². The van der Waals surface area contributed by atoms with E-state index in [-0.39, 0.29) is 0 Å². The first-order valence-corrected chi connectivity index (χ1v) is 6.85. The standard InChI is InChI=1S/C16H20N2/c1-11-7-8-15(17)14(10-11)12-4-2-6-16-13(12)5-3-9-18-16/h2-6,9,11,14-15H,7-8,10,17H2,1H3. The average Bonchev–Trinajstić information content (AvgIpc) is 2.41. The molecule has 1 aromatic carbocycles. The van der Waals surface area contributed by atoms with Crippen LogP contribution in [-0.2, 0) is 0 Å². The molecule has 1 heterocycles. The smallest absolute Gasteiger partial charge is 0.0704 e. The number of pyridine rings is 1.